The van der Waals surface area contributed by atoms with E-state index in [1.54, 1.807) is 12.1 Å². The second-order valence-electron chi connectivity index (χ2n) is 4.38. The predicted molar refractivity (Wildman–Crippen MR) is 64.2 cm³/mol. The fraction of sp³-hybridized carbons (Fsp3) is 0.364. The molecular formula is C11H15ClN2O2. The molecule has 0 unspecified atom stereocenters. The van der Waals surface area contributed by atoms with Crippen LogP contribution in [0.4, 0.5) is 5.69 Å². The minimum atomic E-state index is -0.437. The van der Waals surface area contributed by atoms with Crippen LogP contribution in [-0.4, -0.2) is 11.5 Å². The second-order valence-corrected chi connectivity index (χ2v) is 4.79. The van der Waals surface area contributed by atoms with Gasteiger partial charge in [0.15, 0.2) is 0 Å². The highest BCUT2D eigenvalue weighted by molar-refractivity contribution is 6.33. The lowest BCUT2D eigenvalue weighted by atomic mass is 10.2. The minimum Gasteiger partial charge on any atom is -0.398 e. The zero-order valence-electron chi connectivity index (χ0n) is 9.50. The Morgan fingerprint density at radius 2 is 2.06 bits per heavy atom. The van der Waals surface area contributed by atoms with E-state index in [4.69, 9.17) is 22.2 Å². The summed E-state index contributed by atoms with van der Waals surface area (Å²) in [6, 6.07) is 4.66. The molecule has 0 radical (unpaired) electrons. The zero-order chi connectivity index (χ0) is 12.3. The van der Waals surface area contributed by atoms with Gasteiger partial charge in [-0.1, -0.05) is 11.6 Å². The number of nitrogen functional groups attached to an aromatic ring is 1. The number of anilines is 1. The third-order valence-electron chi connectivity index (χ3n) is 1.71. The molecule has 4 nitrogen and oxygen atoms in total. The first-order valence-corrected chi connectivity index (χ1v) is 5.21. The van der Waals surface area contributed by atoms with Gasteiger partial charge in [0.2, 0.25) is 0 Å². The molecule has 0 aliphatic heterocycles. The van der Waals surface area contributed by atoms with E-state index in [0.29, 0.717) is 16.3 Å². The number of hydroxylamine groups is 1. The van der Waals surface area contributed by atoms with Crippen LogP contribution < -0.4 is 11.2 Å². The molecule has 5 heteroatoms. The predicted octanol–water partition coefficient (Wildman–Crippen LogP) is 2.38. The van der Waals surface area contributed by atoms with Crippen LogP contribution >= 0.6 is 11.6 Å². The zero-order valence-corrected chi connectivity index (χ0v) is 10.3. The Hall–Kier alpha value is -1.26. The van der Waals surface area contributed by atoms with E-state index in [9.17, 15) is 4.79 Å². The van der Waals surface area contributed by atoms with Gasteiger partial charge in [0.05, 0.1) is 16.3 Å². The summed E-state index contributed by atoms with van der Waals surface area (Å²) in [5, 5.41) is 0.424. The summed E-state index contributed by atoms with van der Waals surface area (Å²) >= 11 is 5.75. The molecule has 0 spiro atoms. The summed E-state index contributed by atoms with van der Waals surface area (Å²) in [6.07, 6.45) is 0. The first kappa shape index (κ1) is 12.8. The lowest BCUT2D eigenvalue weighted by Crippen LogP contribution is -2.33. The molecule has 1 amide bonds. The van der Waals surface area contributed by atoms with Crippen molar-refractivity contribution in [3.05, 3.63) is 28.8 Å². The Morgan fingerprint density at radius 1 is 1.44 bits per heavy atom. The van der Waals surface area contributed by atoms with Gasteiger partial charge >= 0.3 is 0 Å². The van der Waals surface area contributed by atoms with Gasteiger partial charge in [0.1, 0.15) is 0 Å². The van der Waals surface area contributed by atoms with E-state index in [0.717, 1.165) is 0 Å². The van der Waals surface area contributed by atoms with Crippen LogP contribution in [0.2, 0.25) is 5.02 Å². The van der Waals surface area contributed by atoms with Crippen molar-refractivity contribution in [2.24, 2.45) is 0 Å². The van der Waals surface area contributed by atoms with E-state index in [-0.39, 0.29) is 5.91 Å². The van der Waals surface area contributed by atoms with Crippen LogP contribution in [-0.2, 0) is 4.84 Å². The minimum absolute atomic E-state index is 0.349. The standard InChI is InChI=1S/C11H15ClN2O2/c1-11(2,3)16-14-10(15)7-4-5-8(12)9(13)6-7/h4-6H,13H2,1-3H3,(H,14,15). The molecule has 0 aromatic heterocycles. The Morgan fingerprint density at radius 3 is 2.56 bits per heavy atom. The summed E-state index contributed by atoms with van der Waals surface area (Å²) in [5.41, 5.74) is 8.27. The lowest BCUT2D eigenvalue weighted by molar-refractivity contribution is -0.0589. The highest BCUT2D eigenvalue weighted by Crippen LogP contribution is 2.19. The molecular weight excluding hydrogens is 228 g/mol. The number of nitrogens with one attached hydrogen (secondary N) is 1. The maximum Gasteiger partial charge on any atom is 0.274 e. The highest BCUT2D eigenvalue weighted by atomic mass is 35.5. The van der Waals surface area contributed by atoms with Gasteiger partial charge in [-0.15, -0.1) is 0 Å². The fourth-order valence-electron chi connectivity index (χ4n) is 0.943. The molecule has 88 valence electrons. The van der Waals surface area contributed by atoms with Gasteiger partial charge in [-0.3, -0.25) is 9.63 Å². The SMILES string of the molecule is CC(C)(C)ONC(=O)c1ccc(Cl)c(N)c1. The van der Waals surface area contributed by atoms with Gasteiger partial charge in [0, 0.05) is 5.56 Å². The van der Waals surface area contributed by atoms with Crippen molar-refractivity contribution in [1.29, 1.82) is 0 Å². The van der Waals surface area contributed by atoms with E-state index >= 15 is 0 Å². The third kappa shape index (κ3) is 3.72. The molecule has 0 heterocycles. The summed E-state index contributed by atoms with van der Waals surface area (Å²) in [6.45, 7) is 5.51. The Kier molecular flexibility index (Phi) is 3.78. The lowest BCUT2D eigenvalue weighted by Gasteiger charge is -2.19. The van der Waals surface area contributed by atoms with Crippen LogP contribution in [0.5, 0.6) is 0 Å². The van der Waals surface area contributed by atoms with Crippen LogP contribution in [0.1, 0.15) is 31.1 Å². The van der Waals surface area contributed by atoms with E-state index in [2.05, 4.69) is 5.48 Å². The molecule has 0 saturated carbocycles. The number of carbonyl (C=O) groups is 1. The first-order valence-electron chi connectivity index (χ1n) is 4.83. The molecule has 0 aliphatic rings. The Bertz CT molecular complexity index is 399. The topological polar surface area (TPSA) is 64.3 Å². The van der Waals surface area contributed by atoms with Crippen LogP contribution in [0, 0.1) is 0 Å². The first-order chi connectivity index (χ1) is 7.29. The van der Waals surface area contributed by atoms with Crippen molar-refractivity contribution in [3.8, 4) is 0 Å². The average molecular weight is 243 g/mol. The number of benzene rings is 1. The molecule has 0 saturated heterocycles. The number of nitrogens with two attached hydrogens (primary N) is 1. The summed E-state index contributed by atoms with van der Waals surface area (Å²) in [5.74, 6) is -0.349. The van der Waals surface area contributed by atoms with Crippen molar-refractivity contribution < 1.29 is 9.63 Å². The number of rotatable bonds is 2. The highest BCUT2D eigenvalue weighted by Gasteiger charge is 2.14. The van der Waals surface area contributed by atoms with Crippen LogP contribution in [0.25, 0.3) is 0 Å². The Labute approximate surface area is 99.7 Å². The molecule has 0 bridgehead atoms. The summed E-state index contributed by atoms with van der Waals surface area (Å²) in [7, 11) is 0. The van der Waals surface area contributed by atoms with Gasteiger partial charge in [-0.05, 0) is 39.0 Å². The number of halogens is 1. The molecule has 1 rings (SSSR count). The van der Waals surface area contributed by atoms with Crippen molar-refractivity contribution in [3.63, 3.8) is 0 Å². The number of amides is 1. The monoisotopic (exact) mass is 242 g/mol. The normalized spacial score (nSPS) is 11.2. The molecule has 3 N–H and O–H groups in total. The Balaban J connectivity index is 2.70. The van der Waals surface area contributed by atoms with E-state index < -0.39 is 5.60 Å². The van der Waals surface area contributed by atoms with Crippen molar-refractivity contribution in [2.75, 3.05) is 5.73 Å². The molecule has 0 atom stereocenters. The summed E-state index contributed by atoms with van der Waals surface area (Å²) in [4.78, 5) is 16.8. The van der Waals surface area contributed by atoms with Crippen LogP contribution in [0.3, 0.4) is 0 Å². The number of carbonyl (C=O) groups excluding carboxylic acids is 1. The van der Waals surface area contributed by atoms with Gasteiger partial charge < -0.3 is 5.73 Å². The van der Waals surface area contributed by atoms with Gasteiger partial charge in [0.25, 0.3) is 5.91 Å². The maximum absolute atomic E-state index is 11.6. The summed E-state index contributed by atoms with van der Waals surface area (Å²) < 4.78 is 0. The molecule has 0 aliphatic carbocycles. The average Bonchev–Trinajstić information content (AvgIpc) is 2.17. The molecule has 16 heavy (non-hydrogen) atoms. The third-order valence-corrected chi connectivity index (χ3v) is 2.05. The number of hydrogen-bond acceptors (Lipinski definition) is 3. The van der Waals surface area contributed by atoms with Crippen molar-refractivity contribution in [2.45, 2.75) is 26.4 Å². The molecule has 1 aromatic rings. The largest absolute Gasteiger partial charge is 0.398 e. The smallest absolute Gasteiger partial charge is 0.274 e. The quantitative estimate of drug-likeness (QED) is 0.618. The maximum atomic E-state index is 11.6. The van der Waals surface area contributed by atoms with Crippen molar-refractivity contribution in [1.82, 2.24) is 5.48 Å². The van der Waals surface area contributed by atoms with E-state index in [1.165, 1.54) is 6.07 Å². The van der Waals surface area contributed by atoms with E-state index in [1.807, 2.05) is 20.8 Å². The fourth-order valence-corrected chi connectivity index (χ4v) is 1.06. The van der Waals surface area contributed by atoms with Gasteiger partial charge in [-0.2, -0.15) is 0 Å². The van der Waals surface area contributed by atoms with Crippen LogP contribution in [0.15, 0.2) is 18.2 Å². The van der Waals surface area contributed by atoms with Crippen molar-refractivity contribution >= 4 is 23.2 Å². The molecule has 0 fully saturated rings. The van der Waals surface area contributed by atoms with Gasteiger partial charge in [-0.25, -0.2) is 5.48 Å². The number of hydrogen-bond donors (Lipinski definition) is 2. The molecule has 1 aromatic carbocycles. The second kappa shape index (κ2) is 4.72.